The van der Waals surface area contributed by atoms with Gasteiger partial charge in [-0.3, -0.25) is 9.69 Å². The molecule has 0 aromatic heterocycles. The fourth-order valence-electron chi connectivity index (χ4n) is 3.39. The molecule has 0 aliphatic carbocycles. The molecule has 2 rings (SSSR count). The molecule has 0 atom stereocenters. The lowest BCUT2D eigenvalue weighted by Crippen LogP contribution is -2.59. The van der Waals surface area contributed by atoms with Crippen LogP contribution in [0, 0.1) is 5.92 Å². The molecule has 1 aromatic rings. The molecule has 0 unspecified atom stereocenters. The van der Waals surface area contributed by atoms with Crippen LogP contribution in [0.25, 0.3) is 0 Å². The molecule has 1 heterocycles. The van der Waals surface area contributed by atoms with Crippen molar-refractivity contribution >= 4 is 5.78 Å². The lowest BCUT2D eigenvalue weighted by atomic mass is 9.71. The van der Waals surface area contributed by atoms with Crippen LogP contribution in [0.15, 0.2) is 30.3 Å². The maximum Gasteiger partial charge on any atom is 0.166 e. The van der Waals surface area contributed by atoms with Gasteiger partial charge in [-0.15, -0.1) is 0 Å². The second-order valence-corrected chi connectivity index (χ2v) is 7.02. The summed E-state index contributed by atoms with van der Waals surface area (Å²) >= 11 is 0. The van der Waals surface area contributed by atoms with Crippen molar-refractivity contribution in [3.63, 3.8) is 0 Å². The number of Topliss-reactive ketones (excluding diaryl/α,β-unsaturated/α-hetero) is 1. The molecule has 0 radical (unpaired) electrons. The van der Waals surface area contributed by atoms with Crippen LogP contribution in [0.3, 0.4) is 0 Å². The minimum atomic E-state index is 0.0663. The summed E-state index contributed by atoms with van der Waals surface area (Å²) in [6, 6.07) is 9.71. The third kappa shape index (κ3) is 2.74. The Morgan fingerprint density at radius 3 is 2.00 bits per heavy atom. The second kappa shape index (κ2) is 4.75. The second-order valence-electron chi connectivity index (χ2n) is 7.02. The predicted molar refractivity (Wildman–Crippen MR) is 79.4 cm³/mol. The van der Waals surface area contributed by atoms with Gasteiger partial charge in [-0.1, -0.05) is 30.3 Å². The Hall–Kier alpha value is -1.15. The lowest BCUT2D eigenvalue weighted by Gasteiger charge is -2.53. The van der Waals surface area contributed by atoms with Crippen LogP contribution >= 0.6 is 0 Å². The standard InChI is InChI=1S/C17H25NO/c1-16(2)11-14(12-17(3,4)18(16)5)15(19)13-9-7-6-8-10-13/h6-10,14H,11-12H2,1-5H3. The number of benzene rings is 1. The van der Waals surface area contributed by atoms with Gasteiger partial charge in [0, 0.05) is 22.6 Å². The van der Waals surface area contributed by atoms with Crippen molar-refractivity contribution in [3.8, 4) is 0 Å². The first kappa shape index (κ1) is 14.3. The minimum absolute atomic E-state index is 0.0663. The molecule has 0 amide bonds. The number of rotatable bonds is 2. The number of likely N-dealkylation sites (tertiary alicyclic amines) is 1. The van der Waals surface area contributed by atoms with E-state index >= 15 is 0 Å². The Bertz CT molecular complexity index is 443. The third-order valence-electron chi connectivity index (χ3n) is 4.74. The first-order chi connectivity index (χ1) is 8.74. The van der Waals surface area contributed by atoms with E-state index in [0.717, 1.165) is 18.4 Å². The van der Waals surface area contributed by atoms with Crippen molar-refractivity contribution < 1.29 is 4.79 Å². The van der Waals surface area contributed by atoms with E-state index < -0.39 is 0 Å². The van der Waals surface area contributed by atoms with Crippen molar-refractivity contribution in [2.45, 2.75) is 51.6 Å². The average molecular weight is 259 g/mol. The van der Waals surface area contributed by atoms with Gasteiger partial charge in [0.05, 0.1) is 0 Å². The van der Waals surface area contributed by atoms with E-state index in [0.29, 0.717) is 5.78 Å². The van der Waals surface area contributed by atoms with Crippen molar-refractivity contribution in [2.24, 2.45) is 5.92 Å². The Labute approximate surface area is 116 Å². The van der Waals surface area contributed by atoms with Gasteiger partial charge in [0.2, 0.25) is 0 Å². The molecule has 1 aliphatic rings. The van der Waals surface area contributed by atoms with Crippen molar-refractivity contribution in [1.29, 1.82) is 0 Å². The fraction of sp³-hybridized carbons (Fsp3) is 0.588. The third-order valence-corrected chi connectivity index (χ3v) is 4.74. The van der Waals surface area contributed by atoms with Crippen LogP contribution in [0.1, 0.15) is 50.9 Å². The maximum atomic E-state index is 12.7. The Morgan fingerprint density at radius 2 is 1.53 bits per heavy atom. The largest absolute Gasteiger partial charge is 0.296 e. The molecule has 0 N–H and O–H groups in total. The van der Waals surface area contributed by atoms with E-state index in [1.807, 2.05) is 30.3 Å². The van der Waals surface area contributed by atoms with Gasteiger partial charge >= 0.3 is 0 Å². The summed E-state index contributed by atoms with van der Waals surface area (Å²) in [5.74, 6) is 0.429. The van der Waals surface area contributed by atoms with Gasteiger partial charge in [-0.25, -0.2) is 0 Å². The topological polar surface area (TPSA) is 20.3 Å². The summed E-state index contributed by atoms with van der Waals surface area (Å²) in [7, 11) is 2.17. The molecule has 0 saturated carbocycles. The van der Waals surface area contributed by atoms with Gasteiger partial charge in [0.25, 0.3) is 0 Å². The van der Waals surface area contributed by atoms with E-state index in [9.17, 15) is 4.79 Å². The van der Waals surface area contributed by atoms with Crippen molar-refractivity contribution in [3.05, 3.63) is 35.9 Å². The lowest BCUT2D eigenvalue weighted by molar-refractivity contribution is -0.0244. The smallest absolute Gasteiger partial charge is 0.166 e. The molecular weight excluding hydrogens is 234 g/mol. The van der Waals surface area contributed by atoms with E-state index in [1.54, 1.807) is 0 Å². The first-order valence-electron chi connectivity index (χ1n) is 7.07. The highest BCUT2D eigenvalue weighted by atomic mass is 16.1. The zero-order valence-electron chi connectivity index (χ0n) is 12.7. The summed E-state index contributed by atoms with van der Waals surface area (Å²) < 4.78 is 0. The minimum Gasteiger partial charge on any atom is -0.296 e. The number of piperidine rings is 1. The number of ketones is 1. The van der Waals surface area contributed by atoms with Gasteiger partial charge in [-0.2, -0.15) is 0 Å². The fourth-order valence-corrected chi connectivity index (χ4v) is 3.39. The van der Waals surface area contributed by atoms with Crippen molar-refractivity contribution in [2.75, 3.05) is 7.05 Å². The molecule has 1 aromatic carbocycles. The SMILES string of the molecule is CN1C(C)(C)CC(C(=O)c2ccccc2)CC1(C)C. The molecule has 0 spiro atoms. The zero-order valence-corrected chi connectivity index (χ0v) is 12.7. The molecule has 2 nitrogen and oxygen atoms in total. The normalized spacial score (nSPS) is 23.2. The Kier molecular flexibility index (Phi) is 3.57. The summed E-state index contributed by atoms with van der Waals surface area (Å²) in [6.45, 7) is 8.94. The first-order valence-corrected chi connectivity index (χ1v) is 7.07. The molecule has 1 saturated heterocycles. The van der Waals surface area contributed by atoms with Crippen LogP contribution in [0.5, 0.6) is 0 Å². The molecule has 2 heteroatoms. The number of nitrogens with zero attached hydrogens (tertiary/aromatic N) is 1. The maximum absolute atomic E-state index is 12.7. The highest BCUT2D eigenvalue weighted by Gasteiger charge is 2.45. The molecule has 1 fully saturated rings. The van der Waals surface area contributed by atoms with Gasteiger partial charge < -0.3 is 0 Å². The predicted octanol–water partition coefficient (Wildman–Crippen LogP) is 3.77. The number of carbonyl (C=O) groups is 1. The van der Waals surface area contributed by atoms with Gasteiger partial charge in [-0.05, 0) is 47.6 Å². The summed E-state index contributed by atoms with van der Waals surface area (Å²) in [4.78, 5) is 15.1. The van der Waals surface area contributed by atoms with Crippen LogP contribution in [0.4, 0.5) is 0 Å². The highest BCUT2D eigenvalue weighted by molar-refractivity contribution is 5.98. The molecule has 19 heavy (non-hydrogen) atoms. The highest BCUT2D eigenvalue weighted by Crippen LogP contribution is 2.41. The average Bonchev–Trinajstić information content (AvgIpc) is 2.35. The molecule has 1 aliphatic heterocycles. The Morgan fingerprint density at radius 1 is 1.05 bits per heavy atom. The van der Waals surface area contributed by atoms with Crippen LogP contribution < -0.4 is 0 Å². The monoisotopic (exact) mass is 259 g/mol. The van der Waals surface area contributed by atoms with E-state index in [2.05, 4.69) is 39.6 Å². The number of hydrogen-bond acceptors (Lipinski definition) is 2. The van der Waals surface area contributed by atoms with Gasteiger partial charge in [0.15, 0.2) is 5.78 Å². The van der Waals surface area contributed by atoms with E-state index in [1.165, 1.54) is 0 Å². The molecule has 0 bridgehead atoms. The van der Waals surface area contributed by atoms with Crippen LogP contribution in [-0.4, -0.2) is 28.8 Å². The summed E-state index contributed by atoms with van der Waals surface area (Å²) in [5, 5.41) is 0. The van der Waals surface area contributed by atoms with Crippen LogP contribution in [-0.2, 0) is 0 Å². The Balaban J connectivity index is 2.25. The molecular formula is C17H25NO. The zero-order chi connectivity index (χ0) is 14.3. The van der Waals surface area contributed by atoms with E-state index in [-0.39, 0.29) is 17.0 Å². The van der Waals surface area contributed by atoms with E-state index in [4.69, 9.17) is 0 Å². The quantitative estimate of drug-likeness (QED) is 0.754. The number of hydrogen-bond donors (Lipinski definition) is 0. The van der Waals surface area contributed by atoms with Crippen LogP contribution in [0.2, 0.25) is 0 Å². The molecule has 104 valence electrons. The van der Waals surface area contributed by atoms with Crippen molar-refractivity contribution in [1.82, 2.24) is 4.90 Å². The van der Waals surface area contributed by atoms with Gasteiger partial charge in [0.1, 0.15) is 0 Å². The summed E-state index contributed by atoms with van der Waals surface area (Å²) in [5.41, 5.74) is 0.983. The summed E-state index contributed by atoms with van der Waals surface area (Å²) in [6.07, 6.45) is 1.86. The number of carbonyl (C=O) groups excluding carboxylic acids is 1.